The molecule has 2 aromatic carbocycles. The summed E-state index contributed by atoms with van der Waals surface area (Å²) in [6.07, 6.45) is 0.660. The number of carbonyl (C=O) groups excluding carboxylic acids is 2. The minimum absolute atomic E-state index is 0.0515. The molecule has 0 spiro atoms. The molecule has 0 saturated carbocycles. The number of aliphatic hydroxyl groups is 1. The summed E-state index contributed by atoms with van der Waals surface area (Å²) >= 11 is 0. The number of aromatic hydroxyl groups is 1. The second-order valence-electron chi connectivity index (χ2n) is 8.46. The zero-order chi connectivity index (χ0) is 24.9. The molecular formula is C26H30N2O7. The molecule has 0 aromatic heterocycles. The molecular weight excluding hydrogens is 452 g/mol. The normalized spacial score (nSPS) is 20.3. The first-order chi connectivity index (χ1) is 16.9. The lowest BCUT2D eigenvalue weighted by atomic mass is 9.95. The maximum absolute atomic E-state index is 13.2. The lowest BCUT2D eigenvalue weighted by molar-refractivity contribution is -0.140. The molecule has 2 fully saturated rings. The molecule has 1 atom stereocenters. The van der Waals surface area contributed by atoms with Crippen LogP contribution in [0.25, 0.3) is 5.76 Å². The Hall–Kier alpha value is -3.56. The fourth-order valence-electron chi connectivity index (χ4n) is 4.52. The Morgan fingerprint density at radius 3 is 2.29 bits per heavy atom. The molecule has 2 heterocycles. The summed E-state index contributed by atoms with van der Waals surface area (Å²) in [6, 6.07) is 10.6. The molecule has 1 amide bonds. The molecule has 0 bridgehead atoms. The number of Topliss-reactive ketones (excluding diaryl/α,β-unsaturated/α-hetero) is 1. The van der Waals surface area contributed by atoms with Gasteiger partial charge in [-0.25, -0.2) is 0 Å². The number of amides is 1. The summed E-state index contributed by atoms with van der Waals surface area (Å²) in [5.74, 6) is -1.12. The lowest BCUT2D eigenvalue weighted by Gasteiger charge is -2.29. The molecule has 186 valence electrons. The summed E-state index contributed by atoms with van der Waals surface area (Å²) in [4.78, 5) is 30.0. The highest BCUT2D eigenvalue weighted by Gasteiger charge is 2.46. The van der Waals surface area contributed by atoms with E-state index in [1.807, 2.05) is 0 Å². The van der Waals surface area contributed by atoms with Gasteiger partial charge < -0.3 is 29.3 Å². The van der Waals surface area contributed by atoms with Crippen LogP contribution in [0.5, 0.6) is 17.2 Å². The summed E-state index contributed by atoms with van der Waals surface area (Å²) in [5.41, 5.74) is 0.647. The number of hydrogen-bond acceptors (Lipinski definition) is 8. The van der Waals surface area contributed by atoms with Crippen molar-refractivity contribution in [3.05, 3.63) is 59.2 Å². The van der Waals surface area contributed by atoms with Gasteiger partial charge in [-0.2, -0.15) is 0 Å². The zero-order valence-corrected chi connectivity index (χ0v) is 19.9. The predicted octanol–water partition coefficient (Wildman–Crippen LogP) is 2.55. The number of carbonyl (C=O) groups is 2. The van der Waals surface area contributed by atoms with E-state index < -0.39 is 23.5 Å². The van der Waals surface area contributed by atoms with Crippen LogP contribution in [0, 0.1) is 0 Å². The second kappa shape index (κ2) is 10.8. The predicted molar refractivity (Wildman–Crippen MR) is 129 cm³/mol. The number of phenolic OH excluding ortho intramolecular Hbond substituents is 1. The fraction of sp³-hybridized carbons (Fsp3) is 0.385. The SMILES string of the molecule is COc1ccc(C2/C(=C(\O)c3ccc(OC)cc3O)C(=O)C(=O)N2CCCN2CCOCC2)cc1. The van der Waals surface area contributed by atoms with Crippen LogP contribution in [-0.4, -0.2) is 85.3 Å². The number of methoxy groups -OCH3 is 2. The molecule has 2 aliphatic heterocycles. The first-order valence-corrected chi connectivity index (χ1v) is 11.5. The van der Waals surface area contributed by atoms with E-state index >= 15 is 0 Å². The van der Waals surface area contributed by atoms with Gasteiger partial charge in [-0.3, -0.25) is 14.5 Å². The number of aliphatic hydroxyl groups excluding tert-OH is 1. The zero-order valence-electron chi connectivity index (χ0n) is 19.9. The van der Waals surface area contributed by atoms with Gasteiger partial charge in [0.15, 0.2) is 0 Å². The number of rotatable bonds is 8. The van der Waals surface area contributed by atoms with E-state index in [1.54, 1.807) is 37.4 Å². The summed E-state index contributed by atoms with van der Waals surface area (Å²) < 4.78 is 15.7. The van der Waals surface area contributed by atoms with Crippen molar-refractivity contribution >= 4 is 17.4 Å². The number of ketones is 1. The number of likely N-dealkylation sites (tertiary alicyclic amines) is 1. The third-order valence-electron chi connectivity index (χ3n) is 6.41. The highest BCUT2D eigenvalue weighted by molar-refractivity contribution is 6.46. The Balaban J connectivity index is 1.70. The Labute approximate surface area is 204 Å². The topological polar surface area (TPSA) is 109 Å². The van der Waals surface area contributed by atoms with E-state index in [2.05, 4.69) is 4.90 Å². The lowest BCUT2D eigenvalue weighted by Crippen LogP contribution is -2.38. The quantitative estimate of drug-likeness (QED) is 0.336. The van der Waals surface area contributed by atoms with Crippen molar-refractivity contribution < 1.29 is 34.0 Å². The number of morpholine rings is 1. The van der Waals surface area contributed by atoms with E-state index in [1.165, 1.54) is 24.1 Å². The number of ether oxygens (including phenoxy) is 3. The smallest absolute Gasteiger partial charge is 0.295 e. The highest BCUT2D eigenvalue weighted by Crippen LogP contribution is 2.41. The van der Waals surface area contributed by atoms with Crippen molar-refractivity contribution in [2.75, 3.05) is 53.6 Å². The molecule has 2 aliphatic rings. The minimum atomic E-state index is -0.799. The Bertz CT molecular complexity index is 1110. The standard InChI is InChI=1S/C26H30N2O7/c1-33-18-6-4-17(5-7-18)23-22(24(30)20-9-8-19(34-2)16-21(20)29)25(31)26(32)28(23)11-3-10-27-12-14-35-15-13-27/h4-9,16,23,29-30H,3,10-15H2,1-2H3/b24-22+. The van der Waals surface area contributed by atoms with Gasteiger partial charge >= 0.3 is 0 Å². The van der Waals surface area contributed by atoms with Gasteiger partial charge in [-0.15, -0.1) is 0 Å². The Morgan fingerprint density at radius 2 is 1.66 bits per heavy atom. The monoisotopic (exact) mass is 482 g/mol. The molecule has 0 radical (unpaired) electrons. The van der Waals surface area contributed by atoms with Gasteiger partial charge in [-0.1, -0.05) is 12.1 Å². The Kier molecular flexibility index (Phi) is 7.57. The van der Waals surface area contributed by atoms with Gasteiger partial charge in [0.05, 0.1) is 44.6 Å². The van der Waals surface area contributed by atoms with Gasteiger partial charge in [0.1, 0.15) is 23.0 Å². The van der Waals surface area contributed by atoms with Crippen LogP contribution in [0.15, 0.2) is 48.0 Å². The molecule has 1 unspecified atom stereocenters. The largest absolute Gasteiger partial charge is 0.507 e. The maximum Gasteiger partial charge on any atom is 0.295 e. The van der Waals surface area contributed by atoms with Crippen LogP contribution >= 0.6 is 0 Å². The molecule has 35 heavy (non-hydrogen) atoms. The van der Waals surface area contributed by atoms with Crippen molar-refractivity contribution in [3.8, 4) is 17.2 Å². The molecule has 4 rings (SSSR count). The average Bonchev–Trinajstić information content (AvgIpc) is 3.14. The van der Waals surface area contributed by atoms with Crippen LogP contribution in [0.2, 0.25) is 0 Å². The van der Waals surface area contributed by atoms with E-state index in [9.17, 15) is 19.8 Å². The third kappa shape index (κ3) is 5.11. The molecule has 2 N–H and O–H groups in total. The first-order valence-electron chi connectivity index (χ1n) is 11.5. The number of nitrogens with zero attached hydrogens (tertiary/aromatic N) is 2. The summed E-state index contributed by atoms with van der Waals surface area (Å²) in [5, 5.41) is 21.6. The molecule has 2 aromatic rings. The second-order valence-corrected chi connectivity index (χ2v) is 8.46. The van der Waals surface area contributed by atoms with Crippen LogP contribution in [0.1, 0.15) is 23.6 Å². The van der Waals surface area contributed by atoms with Crippen molar-refractivity contribution in [2.45, 2.75) is 12.5 Å². The van der Waals surface area contributed by atoms with Crippen LogP contribution < -0.4 is 9.47 Å². The van der Waals surface area contributed by atoms with Crippen molar-refractivity contribution in [3.63, 3.8) is 0 Å². The van der Waals surface area contributed by atoms with Gasteiger partial charge in [-0.05, 0) is 36.2 Å². The average molecular weight is 483 g/mol. The van der Waals surface area contributed by atoms with E-state index in [0.29, 0.717) is 43.2 Å². The van der Waals surface area contributed by atoms with Gasteiger partial charge in [0.2, 0.25) is 0 Å². The Morgan fingerprint density at radius 1 is 1.00 bits per heavy atom. The molecule has 2 saturated heterocycles. The van der Waals surface area contributed by atoms with Crippen molar-refractivity contribution in [1.29, 1.82) is 0 Å². The first kappa shape index (κ1) is 24.6. The van der Waals surface area contributed by atoms with Crippen LogP contribution in [0.4, 0.5) is 0 Å². The van der Waals surface area contributed by atoms with E-state index in [-0.39, 0.29) is 16.9 Å². The molecule has 9 heteroatoms. The third-order valence-corrected chi connectivity index (χ3v) is 6.41. The molecule has 9 nitrogen and oxygen atoms in total. The number of phenols is 1. The molecule has 0 aliphatic carbocycles. The van der Waals surface area contributed by atoms with E-state index in [0.717, 1.165) is 19.6 Å². The maximum atomic E-state index is 13.2. The van der Waals surface area contributed by atoms with Crippen LogP contribution in [0.3, 0.4) is 0 Å². The van der Waals surface area contributed by atoms with Gasteiger partial charge in [0.25, 0.3) is 11.7 Å². The van der Waals surface area contributed by atoms with Gasteiger partial charge in [0, 0.05) is 32.2 Å². The van der Waals surface area contributed by atoms with Crippen LogP contribution in [-0.2, 0) is 14.3 Å². The fourth-order valence-corrected chi connectivity index (χ4v) is 4.52. The highest BCUT2D eigenvalue weighted by atomic mass is 16.5. The summed E-state index contributed by atoms with van der Waals surface area (Å²) in [6.45, 7) is 4.13. The number of hydrogen-bond donors (Lipinski definition) is 2. The van der Waals surface area contributed by atoms with E-state index in [4.69, 9.17) is 14.2 Å². The number of benzene rings is 2. The minimum Gasteiger partial charge on any atom is -0.507 e. The van der Waals surface area contributed by atoms with Crippen molar-refractivity contribution in [2.24, 2.45) is 0 Å². The summed E-state index contributed by atoms with van der Waals surface area (Å²) in [7, 11) is 3.01. The van der Waals surface area contributed by atoms with Crippen molar-refractivity contribution in [1.82, 2.24) is 9.80 Å².